The van der Waals surface area contributed by atoms with Crippen LogP contribution in [0, 0.1) is 17.3 Å². The molecule has 2 amide bonds. The summed E-state index contributed by atoms with van der Waals surface area (Å²) in [5.74, 6) is 0.0907. The number of hydrogen-bond donors (Lipinski definition) is 1. The molecule has 2 fully saturated rings. The van der Waals surface area contributed by atoms with Gasteiger partial charge in [-0.3, -0.25) is 14.9 Å². The van der Waals surface area contributed by atoms with Crippen molar-refractivity contribution in [3.05, 3.63) is 0 Å². The van der Waals surface area contributed by atoms with Crippen molar-refractivity contribution >= 4 is 11.8 Å². The molecule has 0 aromatic rings. The molecule has 4 heteroatoms. The molecule has 2 aliphatic heterocycles. The summed E-state index contributed by atoms with van der Waals surface area (Å²) in [6.45, 7) is 6.84. The van der Waals surface area contributed by atoms with Gasteiger partial charge >= 0.3 is 0 Å². The summed E-state index contributed by atoms with van der Waals surface area (Å²) in [6, 6.07) is 0. The number of nitrogens with one attached hydrogen (secondary N) is 1. The second-order valence-corrected chi connectivity index (χ2v) is 5.78. The highest BCUT2D eigenvalue weighted by Crippen LogP contribution is 2.46. The van der Waals surface area contributed by atoms with Crippen LogP contribution in [0.25, 0.3) is 0 Å². The van der Waals surface area contributed by atoms with E-state index in [-0.39, 0.29) is 29.3 Å². The summed E-state index contributed by atoms with van der Waals surface area (Å²) in [5.41, 5.74) is -0.174. The van der Waals surface area contributed by atoms with Gasteiger partial charge in [0.05, 0.1) is 6.10 Å². The number of rotatable bonds is 1. The number of carbonyl (C=O) groups excluding carboxylic acids is 2. The van der Waals surface area contributed by atoms with Gasteiger partial charge in [-0.25, -0.2) is 0 Å². The summed E-state index contributed by atoms with van der Waals surface area (Å²) in [4.78, 5) is 23.4. The molecule has 3 unspecified atom stereocenters. The summed E-state index contributed by atoms with van der Waals surface area (Å²) in [6.07, 6.45) is 2.28. The second kappa shape index (κ2) is 4.41. The smallest absolute Gasteiger partial charge is 0.229 e. The Hall–Kier alpha value is -0.900. The Morgan fingerprint density at radius 3 is 2.76 bits per heavy atom. The quantitative estimate of drug-likeness (QED) is 0.705. The average molecular weight is 239 g/mol. The molecule has 4 nitrogen and oxygen atoms in total. The fraction of sp³-hybridized carbons (Fsp3) is 0.846. The van der Waals surface area contributed by atoms with Crippen molar-refractivity contribution in [2.24, 2.45) is 17.3 Å². The van der Waals surface area contributed by atoms with Gasteiger partial charge in [0.1, 0.15) is 0 Å². The first-order valence-corrected chi connectivity index (χ1v) is 6.40. The fourth-order valence-electron chi connectivity index (χ4n) is 3.00. The van der Waals surface area contributed by atoms with Crippen LogP contribution in [0.1, 0.15) is 40.0 Å². The largest absolute Gasteiger partial charge is 0.378 e. The van der Waals surface area contributed by atoms with E-state index < -0.39 is 0 Å². The van der Waals surface area contributed by atoms with E-state index in [1.165, 1.54) is 0 Å². The van der Waals surface area contributed by atoms with Gasteiger partial charge in [0, 0.05) is 18.9 Å². The predicted octanol–water partition coefficient (Wildman–Crippen LogP) is 1.49. The molecular weight excluding hydrogens is 218 g/mol. The third kappa shape index (κ3) is 2.23. The normalized spacial score (nSPS) is 38.6. The number of amides is 2. The van der Waals surface area contributed by atoms with Crippen molar-refractivity contribution in [1.29, 1.82) is 0 Å². The van der Waals surface area contributed by atoms with Crippen molar-refractivity contribution in [3.8, 4) is 0 Å². The SMILES string of the molecule is CC(C)C1CC2(CCO1)CC(=O)NC(=O)C2C. The molecule has 2 rings (SSSR count). The van der Waals surface area contributed by atoms with Crippen LogP contribution in [0.2, 0.25) is 0 Å². The lowest BCUT2D eigenvalue weighted by molar-refractivity contribution is -0.153. The third-order valence-electron chi connectivity index (χ3n) is 4.37. The summed E-state index contributed by atoms with van der Waals surface area (Å²) in [5, 5.41) is 2.43. The third-order valence-corrected chi connectivity index (χ3v) is 4.37. The fourth-order valence-corrected chi connectivity index (χ4v) is 3.00. The maximum absolute atomic E-state index is 11.8. The van der Waals surface area contributed by atoms with Crippen LogP contribution in [0.15, 0.2) is 0 Å². The molecule has 0 bridgehead atoms. The molecule has 1 spiro atoms. The lowest BCUT2D eigenvalue weighted by Gasteiger charge is -2.47. The molecular formula is C13H21NO3. The van der Waals surface area contributed by atoms with Crippen LogP contribution in [0.3, 0.4) is 0 Å². The van der Waals surface area contributed by atoms with E-state index in [9.17, 15) is 9.59 Å². The Bertz CT molecular complexity index is 340. The van der Waals surface area contributed by atoms with Gasteiger partial charge in [-0.15, -0.1) is 0 Å². The number of piperidine rings is 1. The standard InChI is InChI=1S/C13H21NO3/c1-8(2)10-6-13(4-5-17-10)7-11(15)14-12(16)9(13)3/h8-10H,4-7H2,1-3H3,(H,14,15,16). The average Bonchev–Trinajstić information content (AvgIpc) is 2.26. The van der Waals surface area contributed by atoms with Gasteiger partial charge in [0.2, 0.25) is 11.8 Å². The lowest BCUT2D eigenvalue weighted by Crippen LogP contribution is -2.54. The molecule has 0 aromatic carbocycles. The van der Waals surface area contributed by atoms with Crippen molar-refractivity contribution in [3.63, 3.8) is 0 Å². The minimum absolute atomic E-state index is 0.0923. The number of imide groups is 1. The zero-order chi connectivity index (χ0) is 12.6. The number of carbonyl (C=O) groups is 2. The lowest BCUT2D eigenvalue weighted by atomic mass is 9.64. The van der Waals surface area contributed by atoms with E-state index in [1.54, 1.807) is 0 Å². The van der Waals surface area contributed by atoms with Crippen molar-refractivity contribution in [1.82, 2.24) is 5.32 Å². The van der Waals surface area contributed by atoms with Crippen LogP contribution >= 0.6 is 0 Å². The van der Waals surface area contributed by atoms with E-state index in [1.807, 2.05) is 6.92 Å². The summed E-state index contributed by atoms with van der Waals surface area (Å²) >= 11 is 0. The van der Waals surface area contributed by atoms with Gasteiger partial charge < -0.3 is 4.74 Å². The first-order chi connectivity index (χ1) is 7.94. The highest BCUT2D eigenvalue weighted by Gasteiger charge is 2.49. The van der Waals surface area contributed by atoms with Gasteiger partial charge in [-0.05, 0) is 24.2 Å². The highest BCUT2D eigenvalue weighted by atomic mass is 16.5. The predicted molar refractivity (Wildman–Crippen MR) is 63.2 cm³/mol. The molecule has 2 saturated heterocycles. The van der Waals surface area contributed by atoms with Crippen LogP contribution in [0.4, 0.5) is 0 Å². The van der Waals surface area contributed by atoms with E-state index in [0.717, 1.165) is 12.8 Å². The molecule has 0 saturated carbocycles. The van der Waals surface area contributed by atoms with Gasteiger partial charge in [0.25, 0.3) is 0 Å². The Balaban J connectivity index is 2.21. The highest BCUT2D eigenvalue weighted by molar-refractivity contribution is 5.99. The summed E-state index contributed by atoms with van der Waals surface area (Å²) < 4.78 is 5.74. The van der Waals surface area contributed by atoms with E-state index in [2.05, 4.69) is 19.2 Å². The van der Waals surface area contributed by atoms with Crippen LogP contribution in [0.5, 0.6) is 0 Å². The first-order valence-electron chi connectivity index (χ1n) is 6.40. The van der Waals surface area contributed by atoms with Crippen LogP contribution in [-0.2, 0) is 14.3 Å². The summed E-state index contributed by atoms with van der Waals surface area (Å²) in [7, 11) is 0. The van der Waals surface area contributed by atoms with Crippen LogP contribution < -0.4 is 5.32 Å². The van der Waals surface area contributed by atoms with Crippen LogP contribution in [-0.4, -0.2) is 24.5 Å². The first kappa shape index (κ1) is 12.6. The Labute approximate surface area is 102 Å². The molecule has 0 aromatic heterocycles. The second-order valence-electron chi connectivity index (χ2n) is 5.78. The Morgan fingerprint density at radius 2 is 2.12 bits per heavy atom. The van der Waals surface area contributed by atoms with E-state index in [0.29, 0.717) is 18.9 Å². The minimum atomic E-state index is -0.174. The Morgan fingerprint density at radius 1 is 1.41 bits per heavy atom. The molecule has 0 aliphatic carbocycles. The van der Waals surface area contributed by atoms with Crippen molar-refractivity contribution < 1.29 is 14.3 Å². The molecule has 2 aliphatic rings. The molecule has 3 atom stereocenters. The molecule has 2 heterocycles. The topological polar surface area (TPSA) is 55.4 Å². The zero-order valence-corrected chi connectivity index (χ0v) is 10.8. The molecule has 17 heavy (non-hydrogen) atoms. The number of hydrogen-bond acceptors (Lipinski definition) is 3. The van der Waals surface area contributed by atoms with Gasteiger partial charge in [0.15, 0.2) is 0 Å². The Kier molecular flexibility index (Phi) is 3.25. The maximum Gasteiger partial charge on any atom is 0.229 e. The maximum atomic E-state index is 11.8. The number of ether oxygens (including phenoxy) is 1. The molecule has 1 N–H and O–H groups in total. The van der Waals surface area contributed by atoms with E-state index in [4.69, 9.17) is 4.74 Å². The van der Waals surface area contributed by atoms with Crippen molar-refractivity contribution in [2.75, 3.05) is 6.61 Å². The molecule has 0 radical (unpaired) electrons. The zero-order valence-electron chi connectivity index (χ0n) is 10.8. The van der Waals surface area contributed by atoms with E-state index >= 15 is 0 Å². The monoisotopic (exact) mass is 239 g/mol. The molecule has 96 valence electrons. The van der Waals surface area contributed by atoms with Crippen molar-refractivity contribution in [2.45, 2.75) is 46.1 Å². The minimum Gasteiger partial charge on any atom is -0.378 e. The van der Waals surface area contributed by atoms with Gasteiger partial charge in [-0.2, -0.15) is 0 Å². The van der Waals surface area contributed by atoms with Gasteiger partial charge in [-0.1, -0.05) is 20.8 Å².